The van der Waals surface area contributed by atoms with Gasteiger partial charge in [0.1, 0.15) is 5.75 Å². The Morgan fingerprint density at radius 2 is 2.38 bits per heavy atom. The zero-order valence-corrected chi connectivity index (χ0v) is 11.6. The summed E-state index contributed by atoms with van der Waals surface area (Å²) in [5.74, 6) is 0.825. The van der Waals surface area contributed by atoms with Crippen molar-refractivity contribution in [2.24, 2.45) is 0 Å². The van der Waals surface area contributed by atoms with Crippen molar-refractivity contribution in [2.75, 3.05) is 19.0 Å². The third-order valence-corrected chi connectivity index (χ3v) is 3.28. The van der Waals surface area contributed by atoms with Gasteiger partial charge in [-0.05, 0) is 29.8 Å². The summed E-state index contributed by atoms with van der Waals surface area (Å²) in [7, 11) is 1.58. The third-order valence-electron chi connectivity index (χ3n) is 3.28. The van der Waals surface area contributed by atoms with Crippen LogP contribution < -0.4 is 15.4 Å². The lowest BCUT2D eigenvalue weighted by Gasteiger charge is -2.21. The number of hydrogen-bond donors (Lipinski definition) is 3. The van der Waals surface area contributed by atoms with Gasteiger partial charge in [0, 0.05) is 30.9 Å². The second-order valence-electron chi connectivity index (χ2n) is 4.68. The number of hydrogen-bond acceptors (Lipinski definition) is 3. The van der Waals surface area contributed by atoms with Gasteiger partial charge in [-0.2, -0.15) is 0 Å². The Hall–Kier alpha value is -2.76. The molecule has 2 amide bonds. The van der Waals surface area contributed by atoms with E-state index >= 15 is 0 Å². The molecule has 2 heterocycles. The van der Waals surface area contributed by atoms with Crippen LogP contribution in [0.2, 0.25) is 0 Å². The molecule has 1 aliphatic heterocycles. The van der Waals surface area contributed by atoms with Gasteiger partial charge in [0.25, 0.3) is 0 Å². The molecule has 21 heavy (non-hydrogen) atoms. The van der Waals surface area contributed by atoms with E-state index in [-0.39, 0.29) is 6.03 Å². The second kappa shape index (κ2) is 5.70. The maximum atomic E-state index is 11.4. The summed E-state index contributed by atoms with van der Waals surface area (Å²) >= 11 is 0. The summed E-state index contributed by atoms with van der Waals surface area (Å²) in [5.41, 5.74) is 3.73. The van der Waals surface area contributed by atoms with E-state index in [1.165, 1.54) is 0 Å². The Morgan fingerprint density at radius 1 is 1.48 bits per heavy atom. The number of carbonyl (C=O) groups excluding carboxylic acids is 1. The number of anilines is 1. The number of aromatic nitrogens is 2. The van der Waals surface area contributed by atoms with E-state index < -0.39 is 0 Å². The number of amides is 2. The number of ether oxygens (including phenoxy) is 1. The summed E-state index contributed by atoms with van der Waals surface area (Å²) in [4.78, 5) is 18.6. The smallest absolute Gasteiger partial charge is 0.318 e. The average Bonchev–Trinajstić information content (AvgIpc) is 3.01. The van der Waals surface area contributed by atoms with Gasteiger partial charge >= 0.3 is 6.03 Å². The van der Waals surface area contributed by atoms with Crippen LogP contribution in [0.15, 0.2) is 30.7 Å². The van der Waals surface area contributed by atoms with E-state index in [2.05, 4.69) is 20.6 Å². The number of H-pyrrole nitrogens is 1. The van der Waals surface area contributed by atoms with Gasteiger partial charge in [0.15, 0.2) is 0 Å². The quantitative estimate of drug-likeness (QED) is 0.792. The summed E-state index contributed by atoms with van der Waals surface area (Å²) in [6.07, 6.45) is 6.33. The van der Waals surface area contributed by atoms with Crippen molar-refractivity contribution < 1.29 is 9.53 Å². The number of nitrogens with one attached hydrogen (secondary N) is 3. The summed E-state index contributed by atoms with van der Waals surface area (Å²) in [6.45, 7) is 0.644. The molecular weight excluding hydrogens is 268 g/mol. The topological polar surface area (TPSA) is 79.0 Å². The number of fused-ring (bicyclic) bond motifs is 1. The van der Waals surface area contributed by atoms with Crippen molar-refractivity contribution >= 4 is 23.4 Å². The molecule has 1 aromatic carbocycles. The highest BCUT2D eigenvalue weighted by atomic mass is 16.5. The van der Waals surface area contributed by atoms with Gasteiger partial charge in [-0.3, -0.25) is 0 Å². The monoisotopic (exact) mass is 284 g/mol. The van der Waals surface area contributed by atoms with Crippen molar-refractivity contribution in [1.82, 2.24) is 15.3 Å². The first-order valence-electron chi connectivity index (χ1n) is 6.71. The number of benzene rings is 1. The van der Waals surface area contributed by atoms with Crippen molar-refractivity contribution in [3.8, 4) is 5.75 Å². The molecule has 0 radical (unpaired) electrons. The zero-order chi connectivity index (χ0) is 14.7. The van der Waals surface area contributed by atoms with E-state index in [1.54, 1.807) is 13.4 Å². The molecule has 0 bridgehead atoms. The van der Waals surface area contributed by atoms with Gasteiger partial charge in [-0.1, -0.05) is 0 Å². The minimum absolute atomic E-state index is 0.246. The van der Waals surface area contributed by atoms with Gasteiger partial charge < -0.3 is 20.4 Å². The van der Waals surface area contributed by atoms with Crippen LogP contribution in [0, 0.1) is 0 Å². The number of carbonyl (C=O) groups is 1. The van der Waals surface area contributed by atoms with Crippen LogP contribution in [0.3, 0.4) is 0 Å². The van der Waals surface area contributed by atoms with Crippen LogP contribution in [-0.2, 0) is 0 Å². The van der Waals surface area contributed by atoms with Crippen molar-refractivity contribution in [3.63, 3.8) is 0 Å². The molecule has 0 saturated heterocycles. The molecule has 3 N–H and O–H groups in total. The minimum Gasteiger partial charge on any atom is -0.493 e. The van der Waals surface area contributed by atoms with Crippen LogP contribution in [0.4, 0.5) is 10.5 Å². The Morgan fingerprint density at radius 3 is 3.14 bits per heavy atom. The first-order valence-corrected chi connectivity index (χ1v) is 6.71. The highest BCUT2D eigenvalue weighted by Crippen LogP contribution is 2.35. The van der Waals surface area contributed by atoms with Gasteiger partial charge in [-0.25, -0.2) is 9.78 Å². The first-order chi connectivity index (χ1) is 10.3. The Balaban J connectivity index is 1.95. The minimum atomic E-state index is -0.246. The molecule has 1 aliphatic rings. The lowest BCUT2D eigenvalue weighted by Crippen LogP contribution is -2.24. The fourth-order valence-electron chi connectivity index (χ4n) is 2.26. The molecule has 0 saturated carbocycles. The third kappa shape index (κ3) is 2.89. The number of imidazole rings is 1. The first kappa shape index (κ1) is 13.2. The van der Waals surface area contributed by atoms with Crippen molar-refractivity contribution in [2.45, 2.75) is 6.42 Å². The maximum Gasteiger partial charge on any atom is 0.318 e. The van der Waals surface area contributed by atoms with Crippen molar-refractivity contribution in [1.29, 1.82) is 0 Å². The van der Waals surface area contributed by atoms with Crippen molar-refractivity contribution in [3.05, 3.63) is 42.0 Å². The van der Waals surface area contributed by atoms with E-state index in [9.17, 15) is 4.79 Å². The van der Waals surface area contributed by atoms with Crippen LogP contribution in [-0.4, -0.2) is 29.7 Å². The molecule has 2 aromatic rings. The molecule has 108 valence electrons. The zero-order valence-electron chi connectivity index (χ0n) is 11.6. The van der Waals surface area contributed by atoms with E-state index in [1.807, 2.05) is 30.5 Å². The van der Waals surface area contributed by atoms with E-state index in [4.69, 9.17) is 4.74 Å². The number of urea groups is 1. The molecule has 3 rings (SSSR count). The Kier molecular flexibility index (Phi) is 3.59. The Bertz CT molecular complexity index is 677. The molecule has 0 atom stereocenters. The summed E-state index contributed by atoms with van der Waals surface area (Å²) in [6, 6.07) is 5.37. The fourth-order valence-corrected chi connectivity index (χ4v) is 2.26. The molecule has 0 spiro atoms. The predicted molar refractivity (Wildman–Crippen MR) is 81.1 cm³/mol. The Labute approximate surface area is 122 Å². The molecule has 0 aliphatic carbocycles. The van der Waals surface area contributed by atoms with Gasteiger partial charge in [0.05, 0.1) is 18.6 Å². The normalized spacial score (nSPS) is 15.2. The molecule has 0 unspecified atom stereocenters. The van der Waals surface area contributed by atoms with Gasteiger partial charge in [0.2, 0.25) is 0 Å². The standard InChI is InChI=1S/C15H16N4O2/c1-16-15(20)19-11-2-3-14-13(7-11)10(4-5-21-14)6-12-8-17-9-18-12/h2-3,6-9H,4-5H2,1H3,(H,17,18)(H2,16,19,20)/b10-6+. The molecule has 0 fully saturated rings. The number of nitrogens with zero attached hydrogens (tertiary/aromatic N) is 1. The number of rotatable bonds is 2. The average molecular weight is 284 g/mol. The van der Waals surface area contributed by atoms with Gasteiger partial charge in [-0.15, -0.1) is 0 Å². The summed E-state index contributed by atoms with van der Waals surface area (Å²) < 4.78 is 5.66. The fraction of sp³-hybridized carbons (Fsp3) is 0.200. The number of aromatic amines is 1. The maximum absolute atomic E-state index is 11.4. The SMILES string of the molecule is CNC(=O)Nc1ccc2c(c1)/C(=C/c1c[nH]cn1)CCO2. The largest absolute Gasteiger partial charge is 0.493 e. The highest BCUT2D eigenvalue weighted by Gasteiger charge is 2.16. The lowest BCUT2D eigenvalue weighted by molar-refractivity contribution is 0.254. The predicted octanol–water partition coefficient (Wildman–Crippen LogP) is 2.48. The lowest BCUT2D eigenvalue weighted by atomic mass is 9.98. The van der Waals surface area contributed by atoms with E-state index in [0.29, 0.717) is 6.61 Å². The van der Waals surface area contributed by atoms with Crippen LogP contribution in [0.1, 0.15) is 17.7 Å². The molecule has 6 heteroatoms. The van der Waals surface area contributed by atoms with Crippen LogP contribution >= 0.6 is 0 Å². The molecule has 1 aromatic heterocycles. The van der Waals surface area contributed by atoms with E-state index in [0.717, 1.165) is 34.7 Å². The highest BCUT2D eigenvalue weighted by molar-refractivity contribution is 5.91. The summed E-state index contributed by atoms with van der Waals surface area (Å²) in [5, 5.41) is 5.30. The molecule has 6 nitrogen and oxygen atoms in total. The van der Waals surface area contributed by atoms with Crippen LogP contribution in [0.5, 0.6) is 5.75 Å². The second-order valence-corrected chi connectivity index (χ2v) is 4.68. The molecular formula is C15H16N4O2. The van der Waals surface area contributed by atoms with Crippen LogP contribution in [0.25, 0.3) is 11.6 Å².